The topological polar surface area (TPSA) is 57.6 Å². The van der Waals surface area contributed by atoms with Gasteiger partial charge >= 0.3 is 0 Å². The smallest absolute Gasteiger partial charge is 0.270 e. The third-order valence-corrected chi connectivity index (χ3v) is 6.06. The molecule has 4 rings (SSSR count). The van der Waals surface area contributed by atoms with Crippen LogP contribution in [0.2, 0.25) is 0 Å². The highest BCUT2D eigenvalue weighted by atomic mass is 19.1. The number of anilines is 1. The molecule has 32 heavy (non-hydrogen) atoms. The predicted molar refractivity (Wildman–Crippen MR) is 124 cm³/mol. The van der Waals surface area contributed by atoms with Gasteiger partial charge in [0.05, 0.1) is 0 Å². The van der Waals surface area contributed by atoms with Gasteiger partial charge in [-0.15, -0.1) is 0 Å². The van der Waals surface area contributed by atoms with Crippen molar-refractivity contribution >= 4 is 28.4 Å². The summed E-state index contributed by atoms with van der Waals surface area (Å²) in [6.45, 7) is 8.39. The van der Waals surface area contributed by atoms with Gasteiger partial charge in [0.25, 0.3) is 5.91 Å². The number of benzene rings is 2. The molecular weight excluding hydrogens is 407 g/mol. The van der Waals surface area contributed by atoms with Crippen LogP contribution in [0.1, 0.15) is 36.3 Å². The maximum atomic E-state index is 13.8. The number of fused-ring (bicyclic) bond motifs is 1. The van der Waals surface area contributed by atoms with E-state index in [0.717, 1.165) is 36.1 Å². The zero-order valence-corrected chi connectivity index (χ0v) is 18.6. The van der Waals surface area contributed by atoms with Crippen LogP contribution in [-0.4, -0.2) is 58.9 Å². The average molecular weight is 437 g/mol. The number of hydrogen-bond donors (Lipinski definition) is 1. The molecule has 0 spiro atoms. The van der Waals surface area contributed by atoms with Crippen molar-refractivity contribution < 1.29 is 14.0 Å². The first-order valence-corrected chi connectivity index (χ1v) is 11.2. The lowest BCUT2D eigenvalue weighted by Crippen LogP contribution is -2.48. The third-order valence-electron chi connectivity index (χ3n) is 6.06. The van der Waals surface area contributed by atoms with E-state index in [1.165, 1.54) is 12.1 Å². The van der Waals surface area contributed by atoms with Crippen LogP contribution in [0.4, 0.5) is 10.1 Å². The van der Waals surface area contributed by atoms with Crippen LogP contribution < -0.4 is 5.32 Å². The Bertz CT molecular complexity index is 1130. The molecule has 0 radical (unpaired) electrons. The van der Waals surface area contributed by atoms with E-state index in [0.29, 0.717) is 37.4 Å². The van der Waals surface area contributed by atoms with Gasteiger partial charge in [-0.2, -0.15) is 0 Å². The lowest BCUT2D eigenvalue weighted by Gasteiger charge is -2.34. The molecule has 0 unspecified atom stereocenters. The van der Waals surface area contributed by atoms with Crippen LogP contribution >= 0.6 is 0 Å². The normalized spacial score (nSPS) is 14.7. The highest BCUT2D eigenvalue weighted by molar-refractivity contribution is 6.00. The van der Waals surface area contributed by atoms with Crippen LogP contribution in [0, 0.1) is 5.82 Å². The van der Waals surface area contributed by atoms with E-state index < -0.39 is 0 Å². The van der Waals surface area contributed by atoms with E-state index in [1.54, 1.807) is 13.0 Å². The summed E-state index contributed by atoms with van der Waals surface area (Å²) in [5.74, 6) is -0.381. The Morgan fingerprint density at radius 2 is 1.78 bits per heavy atom. The van der Waals surface area contributed by atoms with Crippen LogP contribution in [0.15, 0.2) is 48.5 Å². The highest BCUT2D eigenvalue weighted by Crippen LogP contribution is 2.26. The monoisotopic (exact) mass is 436 g/mol. The van der Waals surface area contributed by atoms with Gasteiger partial charge in [0.1, 0.15) is 11.5 Å². The number of halogens is 1. The molecule has 1 N–H and O–H groups in total. The Balaban J connectivity index is 1.71. The molecule has 168 valence electrons. The van der Waals surface area contributed by atoms with E-state index in [-0.39, 0.29) is 17.6 Å². The summed E-state index contributed by atoms with van der Waals surface area (Å²) in [7, 11) is 0. The molecule has 1 aliphatic heterocycles. The molecule has 0 saturated carbocycles. The molecule has 0 aliphatic carbocycles. The Morgan fingerprint density at radius 3 is 2.47 bits per heavy atom. The first kappa shape index (κ1) is 22.0. The van der Waals surface area contributed by atoms with Crippen molar-refractivity contribution in [2.24, 2.45) is 0 Å². The minimum Gasteiger partial charge on any atom is -0.335 e. The summed E-state index contributed by atoms with van der Waals surface area (Å²) in [5, 5.41) is 3.74. The Kier molecular flexibility index (Phi) is 6.55. The van der Waals surface area contributed by atoms with Gasteiger partial charge in [-0.3, -0.25) is 9.59 Å². The molecule has 2 aromatic carbocycles. The van der Waals surface area contributed by atoms with Gasteiger partial charge in [0.15, 0.2) is 0 Å². The maximum Gasteiger partial charge on any atom is 0.270 e. The van der Waals surface area contributed by atoms with Crippen LogP contribution in [-0.2, 0) is 11.3 Å². The Morgan fingerprint density at radius 1 is 1.00 bits per heavy atom. The van der Waals surface area contributed by atoms with Gasteiger partial charge in [0.2, 0.25) is 5.91 Å². The number of rotatable bonds is 6. The number of likely N-dealkylation sites (N-methyl/N-ethyl adjacent to an activating group) is 1. The zero-order valence-electron chi connectivity index (χ0n) is 18.6. The second-order valence-corrected chi connectivity index (χ2v) is 8.15. The Labute approximate surface area is 187 Å². The van der Waals surface area contributed by atoms with Crippen molar-refractivity contribution in [3.8, 4) is 0 Å². The fraction of sp³-hybridized carbons (Fsp3) is 0.360. The molecule has 2 heterocycles. The molecule has 1 aliphatic rings. The van der Waals surface area contributed by atoms with E-state index in [9.17, 15) is 14.0 Å². The summed E-state index contributed by atoms with van der Waals surface area (Å²) in [5.41, 5.74) is 2.94. The number of carbonyl (C=O) groups is 2. The number of nitrogens with zero attached hydrogens (tertiary/aromatic N) is 3. The van der Waals surface area contributed by atoms with E-state index >= 15 is 0 Å². The number of nitrogens with one attached hydrogen (secondary N) is 1. The SMILES string of the molecule is CCC(=O)Nc1ccc2c(c1)cc(C(=O)N1CCN(CC)CC1)n2Cc1cccc(F)c1. The summed E-state index contributed by atoms with van der Waals surface area (Å²) in [4.78, 5) is 29.5. The minimum absolute atomic E-state index is 0.0208. The van der Waals surface area contributed by atoms with Crippen molar-refractivity contribution in [2.75, 3.05) is 38.0 Å². The van der Waals surface area contributed by atoms with Crippen molar-refractivity contribution in [2.45, 2.75) is 26.8 Å². The lowest BCUT2D eigenvalue weighted by atomic mass is 10.2. The van der Waals surface area contributed by atoms with Crippen molar-refractivity contribution in [3.05, 3.63) is 65.6 Å². The first-order valence-electron chi connectivity index (χ1n) is 11.2. The lowest BCUT2D eigenvalue weighted by molar-refractivity contribution is -0.115. The van der Waals surface area contributed by atoms with E-state index in [1.807, 2.05) is 39.8 Å². The molecule has 7 heteroatoms. The van der Waals surface area contributed by atoms with Crippen molar-refractivity contribution in [1.29, 1.82) is 0 Å². The van der Waals surface area contributed by atoms with Crippen LogP contribution in [0.3, 0.4) is 0 Å². The fourth-order valence-electron chi connectivity index (χ4n) is 4.19. The summed E-state index contributed by atoms with van der Waals surface area (Å²) >= 11 is 0. The van der Waals surface area contributed by atoms with Crippen LogP contribution in [0.25, 0.3) is 10.9 Å². The number of hydrogen-bond acceptors (Lipinski definition) is 3. The second kappa shape index (κ2) is 9.53. The van der Waals surface area contributed by atoms with Gasteiger partial charge in [-0.25, -0.2) is 4.39 Å². The van der Waals surface area contributed by atoms with E-state index in [2.05, 4.69) is 17.1 Å². The standard InChI is InChI=1S/C25H29FN4O2/c1-3-24(31)27-21-8-9-22-19(15-21)16-23(25(32)29-12-10-28(4-2)11-13-29)30(22)17-18-6-5-7-20(26)14-18/h5-9,14-16H,3-4,10-13,17H2,1-2H3,(H,27,31). The predicted octanol–water partition coefficient (Wildman–Crippen LogP) is 3.95. The Hall–Kier alpha value is -3.19. The highest BCUT2D eigenvalue weighted by Gasteiger charge is 2.25. The molecule has 2 amide bonds. The molecule has 1 saturated heterocycles. The van der Waals surface area contributed by atoms with Gasteiger partial charge in [-0.05, 0) is 48.5 Å². The van der Waals surface area contributed by atoms with Crippen LogP contribution in [0.5, 0.6) is 0 Å². The first-order chi connectivity index (χ1) is 15.5. The summed E-state index contributed by atoms with van der Waals surface area (Å²) in [6.07, 6.45) is 0.395. The van der Waals surface area contributed by atoms with Crippen molar-refractivity contribution in [3.63, 3.8) is 0 Å². The molecule has 3 aromatic rings. The van der Waals surface area contributed by atoms with Gasteiger partial charge in [0, 0.05) is 55.7 Å². The zero-order chi connectivity index (χ0) is 22.7. The van der Waals surface area contributed by atoms with E-state index in [4.69, 9.17) is 0 Å². The summed E-state index contributed by atoms with van der Waals surface area (Å²) in [6, 6.07) is 14.0. The number of carbonyl (C=O) groups excluding carboxylic acids is 2. The molecule has 0 atom stereocenters. The minimum atomic E-state index is -0.299. The average Bonchev–Trinajstić information content (AvgIpc) is 3.16. The maximum absolute atomic E-state index is 13.8. The van der Waals surface area contributed by atoms with Crippen molar-refractivity contribution in [1.82, 2.24) is 14.4 Å². The third kappa shape index (κ3) is 4.67. The number of aromatic nitrogens is 1. The molecular formula is C25H29FN4O2. The summed E-state index contributed by atoms with van der Waals surface area (Å²) < 4.78 is 15.8. The molecule has 1 aromatic heterocycles. The molecule has 1 fully saturated rings. The number of amides is 2. The van der Waals surface area contributed by atoms with Gasteiger partial charge in [-0.1, -0.05) is 26.0 Å². The number of piperazine rings is 1. The second-order valence-electron chi connectivity index (χ2n) is 8.15. The quantitative estimate of drug-likeness (QED) is 0.637. The largest absolute Gasteiger partial charge is 0.335 e. The van der Waals surface area contributed by atoms with Gasteiger partial charge < -0.3 is 19.7 Å². The molecule has 6 nitrogen and oxygen atoms in total. The molecule has 0 bridgehead atoms. The fourth-order valence-corrected chi connectivity index (χ4v) is 4.19.